The van der Waals surface area contributed by atoms with Gasteiger partial charge in [-0.2, -0.15) is 0 Å². The Hall–Kier alpha value is -3.32. The molecular formula is C25H25FN2O3S. The van der Waals surface area contributed by atoms with E-state index in [2.05, 4.69) is 10.3 Å². The molecule has 0 fully saturated rings. The lowest BCUT2D eigenvalue weighted by atomic mass is 10.0. The van der Waals surface area contributed by atoms with Crippen molar-refractivity contribution in [1.82, 2.24) is 10.3 Å². The fourth-order valence-corrected chi connectivity index (χ4v) is 4.82. The second-order valence-corrected chi connectivity index (χ2v) is 9.80. The van der Waals surface area contributed by atoms with Gasteiger partial charge in [0.2, 0.25) is 5.91 Å². The average Bonchev–Trinajstić information content (AvgIpc) is 2.79. The van der Waals surface area contributed by atoms with Crippen molar-refractivity contribution < 1.29 is 17.6 Å². The van der Waals surface area contributed by atoms with Gasteiger partial charge in [0, 0.05) is 25.0 Å². The van der Waals surface area contributed by atoms with Crippen LogP contribution in [-0.2, 0) is 14.6 Å². The van der Waals surface area contributed by atoms with Crippen molar-refractivity contribution >= 4 is 21.8 Å². The smallest absolute Gasteiger partial charge is 0.244 e. The summed E-state index contributed by atoms with van der Waals surface area (Å²) in [4.78, 5) is 16.5. The van der Waals surface area contributed by atoms with Crippen LogP contribution in [0, 0.1) is 5.82 Å². The first kappa shape index (κ1) is 23.3. The number of rotatable bonds is 8. The molecule has 0 saturated carbocycles. The largest absolute Gasteiger partial charge is 0.351 e. The zero-order valence-electron chi connectivity index (χ0n) is 17.9. The monoisotopic (exact) mass is 452 g/mol. The molecule has 1 N–H and O–H groups in total. The van der Waals surface area contributed by atoms with Crippen LogP contribution >= 0.6 is 0 Å². The van der Waals surface area contributed by atoms with Crippen molar-refractivity contribution in [2.75, 3.05) is 6.54 Å². The number of hydrogen-bond acceptors (Lipinski definition) is 4. The second kappa shape index (κ2) is 10.3. The minimum Gasteiger partial charge on any atom is -0.351 e. The molecule has 0 saturated heterocycles. The maximum atomic E-state index is 13.4. The third kappa shape index (κ3) is 5.88. The third-order valence-corrected chi connectivity index (χ3v) is 7.18. The molecule has 0 aliphatic heterocycles. The summed E-state index contributed by atoms with van der Waals surface area (Å²) in [5.41, 5.74) is 2.19. The Labute approximate surface area is 187 Å². The van der Waals surface area contributed by atoms with E-state index in [4.69, 9.17) is 0 Å². The Morgan fingerprint density at radius 2 is 1.72 bits per heavy atom. The summed E-state index contributed by atoms with van der Waals surface area (Å²) in [5.74, 6) is -0.529. The van der Waals surface area contributed by atoms with Crippen LogP contribution in [0.5, 0.6) is 0 Å². The van der Waals surface area contributed by atoms with Crippen LogP contribution < -0.4 is 5.32 Å². The number of halogens is 1. The number of hydrogen-bond donors (Lipinski definition) is 1. The van der Waals surface area contributed by atoms with E-state index in [0.29, 0.717) is 11.1 Å². The van der Waals surface area contributed by atoms with E-state index >= 15 is 0 Å². The van der Waals surface area contributed by atoms with Crippen LogP contribution in [0.1, 0.15) is 41.7 Å². The molecular weight excluding hydrogens is 427 g/mol. The molecule has 3 aromatic rings. The van der Waals surface area contributed by atoms with Gasteiger partial charge in [0.15, 0.2) is 9.84 Å². The van der Waals surface area contributed by atoms with E-state index in [1.165, 1.54) is 30.5 Å². The number of sulfone groups is 1. The Bertz CT molecular complexity index is 1170. The van der Waals surface area contributed by atoms with E-state index in [9.17, 15) is 17.6 Å². The predicted octanol–water partition coefficient (Wildman–Crippen LogP) is 4.69. The maximum absolute atomic E-state index is 13.4. The standard InChI is InChI=1S/C25H25FN2O3S/c1-18(2)20-8-12-23(13-9-20)32(30,31)24(21-4-3-15-27-16-21)17-28-25(29)14-7-19-5-10-22(26)11-6-19/h3-16,18,24H,17H2,1-2H3,(H,28,29)/b14-7+. The highest BCUT2D eigenvalue weighted by atomic mass is 32.2. The molecule has 2 aromatic carbocycles. The minimum atomic E-state index is -3.78. The Balaban J connectivity index is 1.80. The lowest BCUT2D eigenvalue weighted by molar-refractivity contribution is -0.116. The summed E-state index contributed by atoms with van der Waals surface area (Å²) in [7, 11) is -3.78. The molecule has 0 aliphatic rings. The topological polar surface area (TPSA) is 76.1 Å². The fourth-order valence-electron chi connectivity index (χ4n) is 3.18. The molecule has 0 spiro atoms. The molecule has 1 heterocycles. The third-order valence-electron chi connectivity index (χ3n) is 5.06. The molecule has 0 radical (unpaired) electrons. The number of amides is 1. The van der Waals surface area contributed by atoms with Gasteiger partial charge in [-0.25, -0.2) is 12.8 Å². The molecule has 5 nitrogen and oxygen atoms in total. The molecule has 1 amide bonds. The number of nitrogens with zero attached hydrogens (tertiary/aromatic N) is 1. The number of aromatic nitrogens is 1. The average molecular weight is 453 g/mol. The first-order valence-corrected chi connectivity index (χ1v) is 11.8. The minimum absolute atomic E-state index is 0.119. The van der Waals surface area contributed by atoms with Gasteiger partial charge in [0.05, 0.1) is 4.90 Å². The van der Waals surface area contributed by atoms with E-state index in [1.54, 1.807) is 42.6 Å². The molecule has 1 unspecified atom stereocenters. The maximum Gasteiger partial charge on any atom is 0.244 e. The Morgan fingerprint density at radius 1 is 1.03 bits per heavy atom. The fraction of sp³-hybridized carbons (Fsp3) is 0.200. The molecule has 1 aromatic heterocycles. The number of benzene rings is 2. The van der Waals surface area contributed by atoms with Gasteiger partial charge < -0.3 is 5.32 Å². The molecule has 166 valence electrons. The Morgan fingerprint density at radius 3 is 2.31 bits per heavy atom. The number of carbonyl (C=O) groups is 1. The summed E-state index contributed by atoms with van der Waals surface area (Å²) in [6.07, 6.45) is 5.88. The predicted molar refractivity (Wildman–Crippen MR) is 123 cm³/mol. The summed E-state index contributed by atoms with van der Waals surface area (Å²) in [5, 5.41) is 1.67. The van der Waals surface area contributed by atoms with Gasteiger partial charge in [-0.15, -0.1) is 0 Å². The SMILES string of the molecule is CC(C)c1ccc(S(=O)(=O)C(CNC(=O)/C=C/c2ccc(F)cc2)c2cccnc2)cc1. The highest BCUT2D eigenvalue weighted by molar-refractivity contribution is 7.91. The first-order valence-electron chi connectivity index (χ1n) is 10.2. The summed E-state index contributed by atoms with van der Waals surface area (Å²) in [6.45, 7) is 3.96. The van der Waals surface area contributed by atoms with Gasteiger partial charge >= 0.3 is 0 Å². The summed E-state index contributed by atoms with van der Waals surface area (Å²) >= 11 is 0. The lowest BCUT2D eigenvalue weighted by Crippen LogP contribution is -2.31. The van der Waals surface area contributed by atoms with Crippen LogP contribution in [0.25, 0.3) is 6.08 Å². The zero-order valence-corrected chi connectivity index (χ0v) is 18.7. The van der Waals surface area contributed by atoms with Gasteiger partial charge in [0.25, 0.3) is 0 Å². The van der Waals surface area contributed by atoms with Gasteiger partial charge in [-0.05, 0) is 59.0 Å². The van der Waals surface area contributed by atoms with Crippen molar-refractivity contribution in [2.45, 2.75) is 29.9 Å². The number of nitrogens with one attached hydrogen (secondary N) is 1. The highest BCUT2D eigenvalue weighted by Gasteiger charge is 2.29. The molecule has 0 aliphatic carbocycles. The summed E-state index contributed by atoms with van der Waals surface area (Å²) in [6, 6.07) is 15.8. The Kier molecular flexibility index (Phi) is 7.53. The number of pyridine rings is 1. The summed E-state index contributed by atoms with van der Waals surface area (Å²) < 4.78 is 39.8. The zero-order chi connectivity index (χ0) is 23.1. The van der Waals surface area contributed by atoms with Gasteiger partial charge in [-0.3, -0.25) is 9.78 Å². The molecule has 1 atom stereocenters. The van der Waals surface area contributed by atoms with Crippen LogP contribution in [0.15, 0.2) is 84.0 Å². The van der Waals surface area contributed by atoms with Gasteiger partial charge in [0.1, 0.15) is 11.1 Å². The van der Waals surface area contributed by atoms with Crippen molar-refractivity contribution in [3.05, 3.63) is 102 Å². The molecule has 7 heteroatoms. The van der Waals surface area contributed by atoms with Crippen LogP contribution in [0.4, 0.5) is 4.39 Å². The van der Waals surface area contributed by atoms with Gasteiger partial charge in [-0.1, -0.05) is 44.2 Å². The van der Waals surface area contributed by atoms with Crippen molar-refractivity contribution in [3.8, 4) is 0 Å². The normalized spacial score (nSPS) is 12.8. The first-order chi connectivity index (χ1) is 15.3. The number of carbonyl (C=O) groups excluding carboxylic acids is 1. The van der Waals surface area contributed by atoms with Crippen molar-refractivity contribution in [3.63, 3.8) is 0 Å². The van der Waals surface area contributed by atoms with E-state index in [1.807, 2.05) is 26.0 Å². The van der Waals surface area contributed by atoms with Crippen LogP contribution in [0.3, 0.4) is 0 Å². The van der Waals surface area contributed by atoms with E-state index in [-0.39, 0.29) is 23.2 Å². The second-order valence-electron chi connectivity index (χ2n) is 7.67. The van der Waals surface area contributed by atoms with Crippen molar-refractivity contribution in [2.24, 2.45) is 0 Å². The van der Waals surface area contributed by atoms with E-state index < -0.39 is 21.0 Å². The molecule has 3 rings (SSSR count). The quantitative estimate of drug-likeness (QED) is 0.503. The highest BCUT2D eigenvalue weighted by Crippen LogP contribution is 2.29. The van der Waals surface area contributed by atoms with Crippen LogP contribution in [-0.4, -0.2) is 25.9 Å². The molecule has 0 bridgehead atoms. The van der Waals surface area contributed by atoms with Crippen molar-refractivity contribution in [1.29, 1.82) is 0 Å². The van der Waals surface area contributed by atoms with Crippen LogP contribution in [0.2, 0.25) is 0 Å². The molecule has 32 heavy (non-hydrogen) atoms. The lowest BCUT2D eigenvalue weighted by Gasteiger charge is -2.19. The van der Waals surface area contributed by atoms with E-state index in [0.717, 1.165) is 5.56 Å².